The summed E-state index contributed by atoms with van der Waals surface area (Å²) in [6.45, 7) is 6.86. The molecule has 0 aromatic heterocycles. The fourth-order valence-corrected chi connectivity index (χ4v) is 2.96. The third-order valence-electron chi connectivity index (χ3n) is 4.27. The van der Waals surface area contributed by atoms with Crippen LogP contribution in [0.3, 0.4) is 0 Å². The van der Waals surface area contributed by atoms with Gasteiger partial charge in [-0.2, -0.15) is 0 Å². The second-order valence-electron chi connectivity index (χ2n) is 5.72. The molecule has 0 unspecified atom stereocenters. The Hall–Kier alpha value is -1.02. The van der Waals surface area contributed by atoms with Gasteiger partial charge in [-0.15, -0.1) is 0 Å². The first-order valence-corrected chi connectivity index (χ1v) is 7.27. The van der Waals surface area contributed by atoms with Crippen LogP contribution in [-0.2, 0) is 6.54 Å². The van der Waals surface area contributed by atoms with Gasteiger partial charge in [-0.3, -0.25) is 4.90 Å². The number of anilines is 1. The Morgan fingerprint density at radius 2 is 1.72 bits per heavy atom. The molecule has 0 radical (unpaired) electrons. The molecule has 1 aliphatic rings. The molecule has 1 saturated carbocycles. The van der Waals surface area contributed by atoms with Crippen LogP contribution in [-0.4, -0.2) is 17.5 Å². The summed E-state index contributed by atoms with van der Waals surface area (Å²) in [5.74, 6) is 0.927. The van der Waals surface area contributed by atoms with E-state index in [2.05, 4.69) is 30.9 Å². The number of hydrogen-bond acceptors (Lipinski definition) is 2. The van der Waals surface area contributed by atoms with Crippen molar-refractivity contribution in [2.24, 2.45) is 5.92 Å². The van der Waals surface area contributed by atoms with Gasteiger partial charge in [0, 0.05) is 18.3 Å². The van der Waals surface area contributed by atoms with Gasteiger partial charge < -0.3 is 5.73 Å². The van der Waals surface area contributed by atoms with Crippen molar-refractivity contribution < 1.29 is 0 Å². The van der Waals surface area contributed by atoms with Crippen molar-refractivity contribution >= 4 is 5.69 Å². The highest BCUT2D eigenvalue weighted by atomic mass is 15.1. The number of nitrogens with zero attached hydrogens (tertiary/aromatic N) is 1. The molecule has 2 N–H and O–H groups in total. The van der Waals surface area contributed by atoms with Gasteiger partial charge in [-0.05, 0) is 55.8 Å². The van der Waals surface area contributed by atoms with E-state index in [1.807, 2.05) is 12.1 Å². The summed E-state index contributed by atoms with van der Waals surface area (Å²) >= 11 is 0. The van der Waals surface area contributed by atoms with Crippen LogP contribution < -0.4 is 5.73 Å². The van der Waals surface area contributed by atoms with Gasteiger partial charge in [0.2, 0.25) is 0 Å². The van der Waals surface area contributed by atoms with Crippen molar-refractivity contribution in [1.29, 1.82) is 0 Å². The van der Waals surface area contributed by atoms with Crippen LogP contribution in [0, 0.1) is 5.92 Å². The van der Waals surface area contributed by atoms with E-state index in [1.165, 1.54) is 31.2 Å². The first-order valence-electron chi connectivity index (χ1n) is 7.27. The monoisotopic (exact) mass is 246 g/mol. The van der Waals surface area contributed by atoms with E-state index in [4.69, 9.17) is 5.73 Å². The van der Waals surface area contributed by atoms with E-state index in [1.54, 1.807) is 0 Å². The molecule has 100 valence electrons. The van der Waals surface area contributed by atoms with Crippen molar-refractivity contribution in [3.63, 3.8) is 0 Å². The Kier molecular flexibility index (Phi) is 4.65. The normalized spacial score (nSPS) is 24.4. The summed E-state index contributed by atoms with van der Waals surface area (Å²) in [6.07, 6.45) is 5.51. The highest BCUT2D eigenvalue weighted by Crippen LogP contribution is 2.27. The molecule has 0 spiro atoms. The molecule has 1 aromatic carbocycles. The first-order chi connectivity index (χ1) is 8.69. The van der Waals surface area contributed by atoms with Crippen LogP contribution in [0.15, 0.2) is 24.3 Å². The minimum Gasteiger partial charge on any atom is -0.399 e. The predicted molar refractivity (Wildman–Crippen MR) is 78.4 cm³/mol. The highest BCUT2D eigenvalue weighted by molar-refractivity contribution is 5.39. The molecule has 2 heteroatoms. The fraction of sp³-hybridized carbons (Fsp3) is 0.625. The summed E-state index contributed by atoms with van der Waals surface area (Å²) in [4.78, 5) is 2.62. The molecule has 0 saturated heterocycles. The zero-order chi connectivity index (χ0) is 13.0. The molecule has 0 heterocycles. The van der Waals surface area contributed by atoms with Crippen molar-refractivity contribution in [2.45, 2.75) is 52.1 Å². The van der Waals surface area contributed by atoms with E-state index < -0.39 is 0 Å². The Morgan fingerprint density at radius 3 is 2.28 bits per heavy atom. The lowest BCUT2D eigenvalue weighted by Gasteiger charge is -2.35. The zero-order valence-corrected chi connectivity index (χ0v) is 11.7. The Bertz CT molecular complexity index is 350. The van der Waals surface area contributed by atoms with Crippen LogP contribution in [0.5, 0.6) is 0 Å². The maximum Gasteiger partial charge on any atom is 0.0314 e. The van der Waals surface area contributed by atoms with E-state index >= 15 is 0 Å². The number of nitrogens with two attached hydrogens (primary N) is 1. The summed E-state index contributed by atoms with van der Waals surface area (Å²) in [7, 11) is 0. The number of rotatable bonds is 4. The predicted octanol–water partition coefficient (Wildman–Crippen LogP) is 3.67. The molecule has 0 bridgehead atoms. The van der Waals surface area contributed by atoms with Gasteiger partial charge in [0.15, 0.2) is 0 Å². The van der Waals surface area contributed by atoms with Crippen LogP contribution in [0.1, 0.15) is 45.1 Å². The molecule has 18 heavy (non-hydrogen) atoms. The molecular weight excluding hydrogens is 220 g/mol. The van der Waals surface area contributed by atoms with Crippen LogP contribution >= 0.6 is 0 Å². The lowest BCUT2D eigenvalue weighted by molar-refractivity contribution is 0.139. The molecule has 0 amide bonds. The lowest BCUT2D eigenvalue weighted by Crippen LogP contribution is -2.37. The minimum absolute atomic E-state index is 0.781. The average molecular weight is 246 g/mol. The van der Waals surface area contributed by atoms with E-state index in [9.17, 15) is 0 Å². The quantitative estimate of drug-likeness (QED) is 0.821. The van der Waals surface area contributed by atoms with Crippen molar-refractivity contribution in [1.82, 2.24) is 4.90 Å². The highest BCUT2D eigenvalue weighted by Gasteiger charge is 2.22. The number of hydrogen-bond donors (Lipinski definition) is 1. The van der Waals surface area contributed by atoms with Gasteiger partial charge >= 0.3 is 0 Å². The second kappa shape index (κ2) is 6.24. The summed E-state index contributed by atoms with van der Waals surface area (Å²) in [6, 6.07) is 9.11. The van der Waals surface area contributed by atoms with Crippen molar-refractivity contribution in [3.8, 4) is 0 Å². The Morgan fingerprint density at radius 1 is 1.11 bits per heavy atom. The summed E-state index contributed by atoms with van der Waals surface area (Å²) < 4.78 is 0. The van der Waals surface area contributed by atoms with E-state index in [-0.39, 0.29) is 0 Å². The molecule has 2 rings (SSSR count). The third kappa shape index (κ3) is 3.49. The number of nitrogen functional groups attached to an aromatic ring is 1. The van der Waals surface area contributed by atoms with Crippen LogP contribution in [0.2, 0.25) is 0 Å². The molecule has 0 atom stereocenters. The smallest absolute Gasteiger partial charge is 0.0314 e. The van der Waals surface area contributed by atoms with Crippen LogP contribution in [0.25, 0.3) is 0 Å². The second-order valence-corrected chi connectivity index (χ2v) is 5.72. The first kappa shape index (κ1) is 13.4. The largest absolute Gasteiger partial charge is 0.399 e. The van der Waals surface area contributed by atoms with Crippen LogP contribution in [0.4, 0.5) is 5.69 Å². The zero-order valence-electron chi connectivity index (χ0n) is 11.7. The topological polar surface area (TPSA) is 29.3 Å². The van der Waals surface area contributed by atoms with Gasteiger partial charge in [0.1, 0.15) is 0 Å². The molecule has 1 fully saturated rings. The van der Waals surface area contributed by atoms with Crippen molar-refractivity contribution in [3.05, 3.63) is 29.8 Å². The molecular formula is C16H26N2. The van der Waals surface area contributed by atoms with Gasteiger partial charge in [0.25, 0.3) is 0 Å². The summed E-state index contributed by atoms with van der Waals surface area (Å²) in [5.41, 5.74) is 7.97. The van der Waals surface area contributed by atoms with Crippen molar-refractivity contribution in [2.75, 3.05) is 12.3 Å². The third-order valence-corrected chi connectivity index (χ3v) is 4.27. The molecule has 1 aliphatic carbocycles. The Labute approximate surface area is 111 Å². The lowest BCUT2D eigenvalue weighted by atomic mass is 9.86. The molecule has 2 nitrogen and oxygen atoms in total. The van der Waals surface area contributed by atoms with E-state index in [0.29, 0.717) is 0 Å². The van der Waals surface area contributed by atoms with Gasteiger partial charge in [0.05, 0.1) is 0 Å². The van der Waals surface area contributed by atoms with E-state index in [0.717, 1.165) is 30.7 Å². The fourth-order valence-electron chi connectivity index (χ4n) is 2.96. The maximum absolute atomic E-state index is 5.73. The molecule has 1 aromatic rings. The number of benzene rings is 1. The average Bonchev–Trinajstić information content (AvgIpc) is 2.39. The maximum atomic E-state index is 5.73. The minimum atomic E-state index is 0.781. The van der Waals surface area contributed by atoms with Gasteiger partial charge in [-0.1, -0.05) is 26.0 Å². The SMILES string of the molecule is CCN(Cc1ccc(N)cc1)C1CCC(C)CC1. The molecule has 0 aliphatic heterocycles. The van der Waals surface area contributed by atoms with Gasteiger partial charge in [-0.25, -0.2) is 0 Å². The standard InChI is InChI=1S/C16H26N2/c1-3-18(16-10-4-13(2)5-11-16)12-14-6-8-15(17)9-7-14/h6-9,13,16H,3-5,10-12,17H2,1-2H3. The Balaban J connectivity index is 1.94. The summed E-state index contributed by atoms with van der Waals surface area (Å²) in [5, 5.41) is 0.